The molecule has 3 rings (SSSR count). The Bertz CT molecular complexity index is 1090. The molecule has 29 heavy (non-hydrogen) atoms. The third kappa shape index (κ3) is 4.85. The van der Waals surface area contributed by atoms with Gasteiger partial charge in [0.2, 0.25) is 5.91 Å². The molecule has 0 radical (unpaired) electrons. The van der Waals surface area contributed by atoms with E-state index in [1.54, 1.807) is 23.0 Å². The molecule has 0 aliphatic rings. The summed E-state index contributed by atoms with van der Waals surface area (Å²) in [5, 5.41) is 7.12. The van der Waals surface area contributed by atoms with E-state index in [2.05, 4.69) is 23.3 Å². The van der Waals surface area contributed by atoms with Gasteiger partial charge in [-0.15, -0.1) is 6.42 Å². The highest BCUT2D eigenvalue weighted by atomic mass is 16.5. The van der Waals surface area contributed by atoms with Gasteiger partial charge in [-0.25, -0.2) is 4.52 Å². The summed E-state index contributed by atoms with van der Waals surface area (Å²) in [7, 11) is 0. The number of nitrogens with one attached hydrogen (secondary N) is 1. The van der Waals surface area contributed by atoms with Crippen LogP contribution in [0, 0.1) is 12.3 Å². The number of hydrogen-bond donors (Lipinski definition) is 1. The van der Waals surface area contributed by atoms with Crippen LogP contribution in [0.25, 0.3) is 16.8 Å². The summed E-state index contributed by atoms with van der Waals surface area (Å²) in [6.45, 7) is 3.19. The summed E-state index contributed by atoms with van der Waals surface area (Å²) in [5.74, 6) is 2.90. The minimum absolute atomic E-state index is 0.173. The number of nitrogens with zero attached hydrogens (tertiary/aromatic N) is 3. The Hall–Kier alpha value is -3.53. The van der Waals surface area contributed by atoms with Gasteiger partial charge in [-0.2, -0.15) is 5.10 Å². The molecule has 150 valence electrons. The predicted molar refractivity (Wildman–Crippen MR) is 112 cm³/mol. The number of benzene rings is 1. The average Bonchev–Trinajstić information content (AvgIpc) is 3.17. The summed E-state index contributed by atoms with van der Waals surface area (Å²) in [6.07, 6.45) is 10.7. The zero-order valence-electron chi connectivity index (χ0n) is 16.4. The molecule has 0 saturated carbocycles. The largest absolute Gasteiger partial charge is 0.493 e. The van der Waals surface area contributed by atoms with Crippen molar-refractivity contribution in [1.82, 2.24) is 19.5 Å². The highest BCUT2D eigenvalue weighted by Gasteiger charge is 2.13. The molecule has 2 aromatic heterocycles. The highest BCUT2D eigenvalue weighted by Crippen LogP contribution is 2.29. The van der Waals surface area contributed by atoms with Gasteiger partial charge < -0.3 is 14.6 Å². The fourth-order valence-corrected chi connectivity index (χ4v) is 2.92. The number of para-hydroxylation sites is 1. The van der Waals surface area contributed by atoms with Gasteiger partial charge in [0, 0.05) is 30.9 Å². The topological polar surface area (TPSA) is 77.6 Å². The van der Waals surface area contributed by atoms with Crippen molar-refractivity contribution in [2.75, 3.05) is 13.2 Å². The number of amides is 1. The summed E-state index contributed by atoms with van der Waals surface area (Å²) in [4.78, 5) is 24.5. The van der Waals surface area contributed by atoms with Gasteiger partial charge in [0.05, 0.1) is 18.8 Å². The first-order valence-corrected chi connectivity index (χ1v) is 9.65. The van der Waals surface area contributed by atoms with Crippen LogP contribution in [0.2, 0.25) is 0 Å². The molecule has 1 amide bonds. The van der Waals surface area contributed by atoms with Crippen LogP contribution in [0.15, 0.2) is 47.5 Å². The van der Waals surface area contributed by atoms with Crippen molar-refractivity contribution in [3.8, 4) is 29.4 Å². The van der Waals surface area contributed by atoms with E-state index in [1.807, 2.05) is 24.3 Å². The number of carbonyl (C=O) groups is 1. The maximum absolute atomic E-state index is 12.8. The Morgan fingerprint density at radius 3 is 2.93 bits per heavy atom. The first-order chi connectivity index (χ1) is 14.1. The van der Waals surface area contributed by atoms with Crippen molar-refractivity contribution in [2.45, 2.75) is 32.7 Å². The number of terminal acetylenes is 1. The van der Waals surface area contributed by atoms with Gasteiger partial charge in [0.15, 0.2) is 0 Å². The average molecular weight is 392 g/mol. The van der Waals surface area contributed by atoms with Crippen LogP contribution in [-0.2, 0) is 11.3 Å². The molecule has 0 saturated heterocycles. The second-order valence-corrected chi connectivity index (χ2v) is 6.59. The minimum atomic E-state index is -0.208. The second kappa shape index (κ2) is 9.60. The minimum Gasteiger partial charge on any atom is -0.493 e. The molecular formula is C22H24N4O3. The van der Waals surface area contributed by atoms with Gasteiger partial charge >= 0.3 is 0 Å². The van der Waals surface area contributed by atoms with Gasteiger partial charge in [-0.3, -0.25) is 9.59 Å². The number of ether oxygens (including phenoxy) is 1. The van der Waals surface area contributed by atoms with Crippen molar-refractivity contribution in [2.24, 2.45) is 0 Å². The molecule has 7 nitrogen and oxygen atoms in total. The highest BCUT2D eigenvalue weighted by molar-refractivity contribution is 5.76. The van der Waals surface area contributed by atoms with Crippen LogP contribution < -0.4 is 15.6 Å². The van der Waals surface area contributed by atoms with E-state index in [4.69, 9.17) is 11.2 Å². The molecule has 0 bridgehead atoms. The number of fused-ring (bicyclic) bond motifs is 1. The number of aromatic nitrogens is 3. The van der Waals surface area contributed by atoms with Crippen molar-refractivity contribution in [1.29, 1.82) is 0 Å². The summed E-state index contributed by atoms with van der Waals surface area (Å²) in [5.41, 5.74) is 1.74. The zero-order chi connectivity index (χ0) is 20.6. The van der Waals surface area contributed by atoms with Crippen molar-refractivity contribution in [3.63, 3.8) is 0 Å². The van der Waals surface area contributed by atoms with Crippen LogP contribution in [0.1, 0.15) is 26.2 Å². The van der Waals surface area contributed by atoms with E-state index in [0.29, 0.717) is 17.8 Å². The predicted octanol–water partition coefficient (Wildman–Crippen LogP) is 2.48. The van der Waals surface area contributed by atoms with E-state index in [0.717, 1.165) is 24.2 Å². The van der Waals surface area contributed by atoms with Crippen LogP contribution in [0.5, 0.6) is 5.75 Å². The molecule has 2 heterocycles. The molecule has 0 spiro atoms. The van der Waals surface area contributed by atoms with E-state index in [1.165, 1.54) is 4.57 Å². The number of hydrogen-bond acceptors (Lipinski definition) is 4. The summed E-state index contributed by atoms with van der Waals surface area (Å²) < 4.78 is 8.94. The molecule has 7 heteroatoms. The quantitative estimate of drug-likeness (QED) is 0.448. The molecular weight excluding hydrogens is 368 g/mol. The smallest absolute Gasteiger partial charge is 0.276 e. The monoisotopic (exact) mass is 392 g/mol. The second-order valence-electron chi connectivity index (χ2n) is 6.59. The van der Waals surface area contributed by atoms with Gasteiger partial charge in [-0.05, 0) is 24.6 Å². The molecule has 3 aromatic rings. The molecule has 0 fully saturated rings. The van der Waals surface area contributed by atoms with Crippen LogP contribution in [0.3, 0.4) is 0 Å². The van der Waals surface area contributed by atoms with Crippen molar-refractivity contribution < 1.29 is 9.53 Å². The fourth-order valence-electron chi connectivity index (χ4n) is 2.92. The number of rotatable bonds is 9. The first kappa shape index (κ1) is 20.2. The third-order valence-corrected chi connectivity index (χ3v) is 4.49. The Balaban J connectivity index is 1.84. The third-order valence-electron chi connectivity index (χ3n) is 4.49. The van der Waals surface area contributed by atoms with E-state index in [-0.39, 0.29) is 31.0 Å². The van der Waals surface area contributed by atoms with Gasteiger partial charge in [0.25, 0.3) is 5.56 Å². The van der Waals surface area contributed by atoms with Crippen LogP contribution in [0.4, 0.5) is 0 Å². The number of carbonyl (C=O) groups excluding carboxylic acids is 1. The Labute approximate surface area is 169 Å². The van der Waals surface area contributed by atoms with E-state index in [9.17, 15) is 9.59 Å². The van der Waals surface area contributed by atoms with Crippen LogP contribution in [-0.4, -0.2) is 33.2 Å². The lowest BCUT2D eigenvalue weighted by atomic mass is 10.1. The first-order valence-electron chi connectivity index (χ1n) is 9.65. The van der Waals surface area contributed by atoms with E-state index < -0.39 is 0 Å². The standard InChI is InChI=1S/C22H24N4O3/c1-3-5-15-29-20-9-7-6-8-17(20)18-16-19-22(28)25(13-14-26(19)24-18)12-10-21(27)23-11-4-2/h2,6-9,13-14,16H,3,5,10-12,15H2,1H3,(H,23,27). The molecule has 1 N–H and O–H groups in total. The lowest BCUT2D eigenvalue weighted by Gasteiger charge is -2.09. The maximum atomic E-state index is 12.8. The fraction of sp³-hybridized carbons (Fsp3) is 0.318. The Morgan fingerprint density at radius 2 is 2.14 bits per heavy atom. The molecule has 0 atom stereocenters. The van der Waals surface area contributed by atoms with Gasteiger partial charge in [-0.1, -0.05) is 31.4 Å². The normalized spacial score (nSPS) is 10.6. The molecule has 0 unspecified atom stereocenters. The lowest BCUT2D eigenvalue weighted by molar-refractivity contribution is -0.121. The van der Waals surface area contributed by atoms with Crippen molar-refractivity contribution >= 4 is 11.4 Å². The molecule has 0 aliphatic carbocycles. The Morgan fingerprint density at radius 1 is 1.31 bits per heavy atom. The molecule has 1 aromatic carbocycles. The zero-order valence-corrected chi connectivity index (χ0v) is 16.4. The SMILES string of the molecule is C#CCNC(=O)CCn1ccn2nc(-c3ccccc3OCCCC)cc2c1=O. The van der Waals surface area contributed by atoms with Crippen molar-refractivity contribution in [3.05, 3.63) is 53.1 Å². The maximum Gasteiger partial charge on any atom is 0.276 e. The molecule has 0 aliphatic heterocycles. The van der Waals surface area contributed by atoms with Crippen LogP contribution >= 0.6 is 0 Å². The Kier molecular flexibility index (Phi) is 6.69. The number of aryl methyl sites for hydroxylation is 1. The lowest BCUT2D eigenvalue weighted by Crippen LogP contribution is -2.27. The van der Waals surface area contributed by atoms with Gasteiger partial charge in [0.1, 0.15) is 11.3 Å². The summed E-state index contributed by atoms with van der Waals surface area (Å²) >= 11 is 0. The number of unbranched alkanes of at least 4 members (excludes halogenated alkanes) is 1. The van der Waals surface area contributed by atoms with E-state index >= 15 is 0 Å². The summed E-state index contributed by atoms with van der Waals surface area (Å²) in [6, 6.07) is 9.41.